The van der Waals surface area contributed by atoms with Crippen molar-refractivity contribution in [3.63, 3.8) is 0 Å². The maximum atomic E-state index is 13.0. The van der Waals surface area contributed by atoms with Gasteiger partial charge in [0.15, 0.2) is 0 Å². The van der Waals surface area contributed by atoms with Gasteiger partial charge in [0.2, 0.25) is 11.8 Å². The number of amides is 2. The molecule has 27 heavy (non-hydrogen) atoms. The fourth-order valence-electron chi connectivity index (χ4n) is 3.90. The third-order valence-electron chi connectivity index (χ3n) is 5.58. The van der Waals surface area contributed by atoms with Crippen molar-refractivity contribution < 1.29 is 9.59 Å². The number of piperidine rings is 1. The first kappa shape index (κ1) is 19.4. The van der Waals surface area contributed by atoms with E-state index in [1.165, 1.54) is 0 Å². The molecule has 2 saturated heterocycles. The van der Waals surface area contributed by atoms with Crippen molar-refractivity contribution in [1.82, 2.24) is 14.7 Å². The average Bonchev–Trinajstić information content (AvgIpc) is 2.70. The van der Waals surface area contributed by atoms with Crippen LogP contribution in [-0.4, -0.2) is 65.3 Å². The number of hydrogen-bond acceptors (Lipinski definition) is 4. The molecular weight excluding hydrogens is 340 g/mol. The summed E-state index contributed by atoms with van der Waals surface area (Å²) in [5.41, 5.74) is 0.163. The van der Waals surface area contributed by atoms with Gasteiger partial charge in [0.1, 0.15) is 5.41 Å². The fourth-order valence-corrected chi connectivity index (χ4v) is 3.90. The van der Waals surface area contributed by atoms with Crippen LogP contribution >= 0.6 is 0 Å². The highest BCUT2D eigenvalue weighted by Crippen LogP contribution is 2.23. The molecule has 2 aliphatic heterocycles. The normalized spacial score (nSPS) is 21.8. The molecule has 0 radical (unpaired) electrons. The van der Waals surface area contributed by atoms with Gasteiger partial charge in [-0.2, -0.15) is 5.26 Å². The van der Waals surface area contributed by atoms with Crippen LogP contribution in [-0.2, 0) is 16.1 Å². The summed E-state index contributed by atoms with van der Waals surface area (Å²) in [5.74, 6) is 0.0764. The average molecular weight is 368 g/mol. The Balaban J connectivity index is 1.58. The zero-order valence-corrected chi connectivity index (χ0v) is 16.2. The molecule has 1 aromatic carbocycles. The second kappa shape index (κ2) is 8.10. The molecule has 6 nitrogen and oxygen atoms in total. The Morgan fingerprint density at radius 2 is 1.81 bits per heavy atom. The largest absolute Gasteiger partial charge is 0.339 e. The van der Waals surface area contributed by atoms with Gasteiger partial charge < -0.3 is 9.80 Å². The minimum Gasteiger partial charge on any atom is -0.339 e. The maximum Gasteiger partial charge on any atom is 0.242 e. The van der Waals surface area contributed by atoms with Crippen molar-refractivity contribution in [2.75, 3.05) is 32.7 Å². The van der Waals surface area contributed by atoms with Crippen molar-refractivity contribution >= 4 is 11.8 Å². The highest BCUT2D eigenvalue weighted by molar-refractivity contribution is 5.85. The first-order valence-corrected chi connectivity index (χ1v) is 9.70. The predicted molar refractivity (Wildman–Crippen MR) is 102 cm³/mol. The molecule has 1 atom stereocenters. The van der Waals surface area contributed by atoms with E-state index in [4.69, 9.17) is 0 Å². The molecule has 144 valence electrons. The van der Waals surface area contributed by atoms with Crippen LogP contribution in [0.1, 0.15) is 32.3 Å². The smallest absolute Gasteiger partial charge is 0.242 e. The Kier molecular flexibility index (Phi) is 5.81. The number of benzene rings is 1. The summed E-state index contributed by atoms with van der Waals surface area (Å²) in [6.45, 7) is 7.30. The summed E-state index contributed by atoms with van der Waals surface area (Å²) >= 11 is 0. The number of hydrogen-bond donors (Lipinski definition) is 0. The van der Waals surface area contributed by atoms with Gasteiger partial charge in [0, 0.05) is 39.3 Å². The van der Waals surface area contributed by atoms with Crippen molar-refractivity contribution in [3.8, 4) is 6.07 Å². The summed E-state index contributed by atoms with van der Waals surface area (Å²) < 4.78 is 0. The fraction of sp³-hybridized carbons (Fsp3) is 0.571. The zero-order chi connectivity index (χ0) is 19.4. The number of nitrogens with zero attached hydrogens (tertiary/aromatic N) is 4. The van der Waals surface area contributed by atoms with Crippen LogP contribution in [0.3, 0.4) is 0 Å². The number of likely N-dealkylation sites (tertiary alicyclic amines) is 1. The Hall–Kier alpha value is -2.39. The number of carbonyl (C=O) groups is 2. The van der Waals surface area contributed by atoms with E-state index in [2.05, 4.69) is 23.1 Å². The quantitative estimate of drug-likeness (QED) is 0.814. The van der Waals surface area contributed by atoms with Crippen molar-refractivity contribution in [3.05, 3.63) is 35.9 Å². The summed E-state index contributed by atoms with van der Waals surface area (Å²) in [6, 6.07) is 12.1. The number of rotatable bonds is 4. The van der Waals surface area contributed by atoms with Crippen LogP contribution in [0.15, 0.2) is 30.3 Å². The van der Waals surface area contributed by atoms with E-state index in [0.29, 0.717) is 32.7 Å². The van der Waals surface area contributed by atoms with Gasteiger partial charge >= 0.3 is 0 Å². The topological polar surface area (TPSA) is 67.7 Å². The third-order valence-corrected chi connectivity index (χ3v) is 5.58. The lowest BCUT2D eigenvalue weighted by molar-refractivity contribution is -0.144. The molecule has 0 saturated carbocycles. The Bertz CT molecular complexity index is 717. The van der Waals surface area contributed by atoms with Gasteiger partial charge in [-0.15, -0.1) is 0 Å². The van der Waals surface area contributed by atoms with Crippen LogP contribution in [0, 0.1) is 16.7 Å². The third kappa shape index (κ3) is 4.30. The monoisotopic (exact) mass is 368 g/mol. The molecule has 2 amide bonds. The van der Waals surface area contributed by atoms with E-state index < -0.39 is 5.41 Å². The number of nitriles is 1. The second-order valence-electron chi connectivity index (χ2n) is 7.97. The van der Waals surface area contributed by atoms with Gasteiger partial charge in [-0.1, -0.05) is 30.3 Å². The van der Waals surface area contributed by atoms with Crippen LogP contribution in [0.2, 0.25) is 0 Å². The molecule has 2 fully saturated rings. The maximum absolute atomic E-state index is 13.0. The molecule has 2 heterocycles. The summed E-state index contributed by atoms with van der Waals surface area (Å²) in [5, 5.41) is 9.18. The molecule has 2 aliphatic rings. The van der Waals surface area contributed by atoms with Crippen LogP contribution in [0.25, 0.3) is 0 Å². The van der Waals surface area contributed by atoms with Crippen molar-refractivity contribution in [2.24, 2.45) is 5.41 Å². The Morgan fingerprint density at radius 3 is 2.44 bits per heavy atom. The summed E-state index contributed by atoms with van der Waals surface area (Å²) in [6.07, 6.45) is 1.88. The molecule has 0 aromatic heterocycles. The molecule has 0 N–H and O–H groups in total. The molecule has 0 aliphatic carbocycles. The minimum atomic E-state index is -0.991. The minimum absolute atomic E-state index is 0.0938. The number of piperazine rings is 1. The van der Waals surface area contributed by atoms with E-state index in [9.17, 15) is 14.9 Å². The lowest BCUT2D eigenvalue weighted by atomic mass is 9.93. The SMILES string of the molecule is CC(C)(C#N)C(=O)N1CCN(C2CCCN(Cc3ccccc3)C2=O)CC1. The van der Waals surface area contributed by atoms with Gasteiger partial charge in [-0.3, -0.25) is 14.5 Å². The summed E-state index contributed by atoms with van der Waals surface area (Å²) in [7, 11) is 0. The number of carbonyl (C=O) groups excluding carboxylic acids is 2. The lowest BCUT2D eigenvalue weighted by Crippen LogP contribution is -2.59. The molecule has 1 aromatic rings. The Morgan fingerprint density at radius 1 is 1.15 bits per heavy atom. The van der Waals surface area contributed by atoms with Gasteiger partial charge in [-0.25, -0.2) is 0 Å². The standard InChI is InChI=1S/C21H28N4O2/c1-21(2,16-22)20(27)24-13-11-23(12-14-24)18-9-6-10-25(19(18)26)15-17-7-4-3-5-8-17/h3-5,7-8,18H,6,9-15H2,1-2H3. The van der Waals surface area contributed by atoms with Crippen LogP contribution in [0.5, 0.6) is 0 Å². The lowest BCUT2D eigenvalue weighted by Gasteiger charge is -2.43. The van der Waals surface area contributed by atoms with Gasteiger partial charge in [0.25, 0.3) is 0 Å². The Labute approximate surface area is 161 Å². The molecule has 0 bridgehead atoms. The molecule has 6 heteroatoms. The highest BCUT2D eigenvalue weighted by Gasteiger charge is 2.38. The molecule has 3 rings (SSSR count). The van der Waals surface area contributed by atoms with E-state index >= 15 is 0 Å². The van der Waals surface area contributed by atoms with Crippen molar-refractivity contribution in [1.29, 1.82) is 5.26 Å². The van der Waals surface area contributed by atoms with Crippen LogP contribution in [0.4, 0.5) is 0 Å². The first-order chi connectivity index (χ1) is 12.9. The first-order valence-electron chi connectivity index (χ1n) is 9.70. The summed E-state index contributed by atoms with van der Waals surface area (Å²) in [4.78, 5) is 31.4. The highest BCUT2D eigenvalue weighted by atomic mass is 16.2. The van der Waals surface area contributed by atoms with E-state index in [0.717, 1.165) is 24.9 Å². The molecule has 0 spiro atoms. The predicted octanol–water partition coefficient (Wildman–Crippen LogP) is 1.87. The molecular formula is C21H28N4O2. The van der Waals surface area contributed by atoms with Gasteiger partial charge in [-0.05, 0) is 32.3 Å². The van der Waals surface area contributed by atoms with Gasteiger partial charge in [0.05, 0.1) is 12.1 Å². The van der Waals surface area contributed by atoms with E-state index in [-0.39, 0.29) is 17.9 Å². The molecule has 1 unspecified atom stereocenters. The van der Waals surface area contributed by atoms with E-state index in [1.807, 2.05) is 23.1 Å². The van der Waals surface area contributed by atoms with Crippen molar-refractivity contribution in [2.45, 2.75) is 39.3 Å². The van der Waals surface area contributed by atoms with E-state index in [1.54, 1.807) is 18.7 Å². The van der Waals surface area contributed by atoms with Crippen LogP contribution < -0.4 is 0 Å². The second-order valence-corrected chi connectivity index (χ2v) is 7.97. The zero-order valence-electron chi connectivity index (χ0n) is 16.2.